The van der Waals surface area contributed by atoms with Crippen molar-refractivity contribution in [1.29, 1.82) is 0 Å². The molecule has 0 radical (unpaired) electrons. The monoisotopic (exact) mass is 502 g/mol. The van der Waals surface area contributed by atoms with Gasteiger partial charge >= 0.3 is 0 Å². The quantitative estimate of drug-likeness (QED) is 0.455. The first-order valence-corrected chi connectivity index (χ1v) is 12.0. The Labute approximate surface area is 209 Å². The van der Waals surface area contributed by atoms with Crippen LogP contribution in [0.15, 0.2) is 66.7 Å². The van der Waals surface area contributed by atoms with Crippen LogP contribution >= 0.6 is 11.6 Å². The number of piperazine rings is 1. The van der Waals surface area contributed by atoms with Crippen LogP contribution in [0.25, 0.3) is 0 Å². The molecule has 3 aromatic rings. The van der Waals surface area contributed by atoms with Crippen LogP contribution in [0.3, 0.4) is 0 Å². The van der Waals surface area contributed by atoms with Crippen molar-refractivity contribution in [3.63, 3.8) is 0 Å². The van der Waals surface area contributed by atoms with Gasteiger partial charge in [0.2, 0.25) is 0 Å². The first kappa shape index (κ1) is 25.4. The number of anilines is 1. The highest BCUT2D eigenvalue weighted by molar-refractivity contribution is 6.33. The van der Waals surface area contributed by atoms with E-state index in [-0.39, 0.29) is 24.3 Å². The highest BCUT2D eigenvalue weighted by atomic mass is 35.5. The molecule has 0 unspecified atom stereocenters. The maximum atomic E-state index is 13.6. The summed E-state index contributed by atoms with van der Waals surface area (Å²) < 4.78 is 32.5. The lowest BCUT2D eigenvalue weighted by Crippen LogP contribution is -2.49. The minimum Gasteiger partial charge on any atom is -0.491 e. The predicted molar refractivity (Wildman–Crippen MR) is 133 cm³/mol. The van der Waals surface area contributed by atoms with E-state index in [0.717, 1.165) is 11.3 Å². The molecule has 1 heterocycles. The van der Waals surface area contributed by atoms with Crippen molar-refractivity contribution in [2.45, 2.75) is 25.2 Å². The molecule has 1 aliphatic rings. The fraction of sp³-hybridized carbons (Fsp3) is 0.333. The smallest absolute Gasteiger partial charge is 0.123 e. The summed E-state index contributed by atoms with van der Waals surface area (Å²) in [6.45, 7) is 4.09. The number of β-amino-alcohol motifs (C(OH)–C–C–N with tert-alkyl or cyclic N) is 1. The molecule has 0 bridgehead atoms. The zero-order chi connectivity index (χ0) is 24.9. The third-order valence-electron chi connectivity index (χ3n) is 6.12. The molecule has 35 heavy (non-hydrogen) atoms. The normalized spacial score (nSPS) is 18.3. The summed E-state index contributed by atoms with van der Waals surface area (Å²) in [5.41, 5.74) is 2.41. The highest BCUT2D eigenvalue weighted by Crippen LogP contribution is 2.37. The summed E-state index contributed by atoms with van der Waals surface area (Å²) in [6.07, 6.45) is -1.35. The third kappa shape index (κ3) is 6.49. The zero-order valence-corrected chi connectivity index (χ0v) is 20.2. The van der Waals surface area contributed by atoms with E-state index >= 15 is 0 Å². The lowest BCUT2D eigenvalue weighted by atomic mass is 10.00. The number of nitrogens with zero attached hydrogens (tertiary/aromatic N) is 2. The van der Waals surface area contributed by atoms with Crippen molar-refractivity contribution < 1.29 is 23.7 Å². The summed E-state index contributed by atoms with van der Waals surface area (Å²) >= 11 is 6.64. The Morgan fingerprint density at radius 3 is 2.26 bits per heavy atom. The standard InChI is InChI=1S/C27H29ClF2N2O3/c1-18(33)17-35-23-10-11-25(24(28)14-23)32-13-12-31(15-26(32)19-2-6-21(29)7-3-19)16-27(34)20-4-8-22(30)9-5-20/h2-11,14,18,26-27,33-34H,12-13,15-17H2,1H3/t18-,26-,27+/m0/s1. The molecule has 8 heteroatoms. The lowest BCUT2D eigenvalue weighted by molar-refractivity contribution is 0.100. The van der Waals surface area contributed by atoms with Crippen LogP contribution in [-0.2, 0) is 0 Å². The van der Waals surface area contributed by atoms with E-state index in [2.05, 4.69) is 9.80 Å². The number of ether oxygens (including phenoxy) is 1. The van der Waals surface area contributed by atoms with Gasteiger partial charge in [0.05, 0.1) is 29.0 Å². The molecule has 1 fully saturated rings. The Morgan fingerprint density at radius 2 is 1.63 bits per heavy atom. The van der Waals surface area contributed by atoms with Crippen LogP contribution in [0, 0.1) is 11.6 Å². The second-order valence-electron chi connectivity index (χ2n) is 8.86. The van der Waals surface area contributed by atoms with E-state index < -0.39 is 12.2 Å². The molecule has 5 nitrogen and oxygen atoms in total. The summed E-state index contributed by atoms with van der Waals surface area (Å²) in [7, 11) is 0. The maximum absolute atomic E-state index is 13.6. The van der Waals surface area contributed by atoms with Crippen molar-refractivity contribution in [3.8, 4) is 5.75 Å². The maximum Gasteiger partial charge on any atom is 0.123 e. The van der Waals surface area contributed by atoms with Crippen molar-refractivity contribution in [2.24, 2.45) is 0 Å². The number of hydrogen-bond acceptors (Lipinski definition) is 5. The Morgan fingerprint density at radius 1 is 0.971 bits per heavy atom. The Hall–Kier alpha value is -2.71. The van der Waals surface area contributed by atoms with Gasteiger partial charge in [0.1, 0.15) is 24.0 Å². The summed E-state index contributed by atoms with van der Waals surface area (Å²) in [6, 6.07) is 17.6. The van der Waals surface area contributed by atoms with Gasteiger partial charge in [0, 0.05) is 32.2 Å². The zero-order valence-electron chi connectivity index (χ0n) is 19.4. The molecule has 0 amide bonds. The van der Waals surface area contributed by atoms with E-state index in [1.807, 2.05) is 12.1 Å². The molecule has 0 aromatic heterocycles. The average molecular weight is 503 g/mol. The van der Waals surface area contributed by atoms with Gasteiger partial charge in [0.25, 0.3) is 0 Å². The molecule has 4 rings (SSSR count). The van der Waals surface area contributed by atoms with E-state index in [1.54, 1.807) is 37.3 Å². The molecule has 3 atom stereocenters. The van der Waals surface area contributed by atoms with Gasteiger partial charge < -0.3 is 19.8 Å². The largest absolute Gasteiger partial charge is 0.491 e. The van der Waals surface area contributed by atoms with Crippen LogP contribution in [0.5, 0.6) is 5.75 Å². The van der Waals surface area contributed by atoms with Crippen LogP contribution < -0.4 is 9.64 Å². The molecule has 0 saturated carbocycles. The van der Waals surface area contributed by atoms with Gasteiger partial charge in [-0.2, -0.15) is 0 Å². The summed E-state index contributed by atoms with van der Waals surface area (Å²) in [5.74, 6) is -0.0820. The molecular formula is C27H29ClF2N2O3. The second kappa shape index (κ2) is 11.4. The number of rotatable bonds is 8. The molecular weight excluding hydrogens is 474 g/mol. The van der Waals surface area contributed by atoms with E-state index in [0.29, 0.717) is 42.5 Å². The van der Waals surface area contributed by atoms with Gasteiger partial charge in [-0.25, -0.2) is 8.78 Å². The number of benzene rings is 3. The number of aliphatic hydroxyl groups is 2. The third-order valence-corrected chi connectivity index (χ3v) is 6.43. The van der Waals surface area contributed by atoms with Crippen molar-refractivity contribution in [3.05, 3.63) is 94.5 Å². The molecule has 0 aliphatic carbocycles. The van der Waals surface area contributed by atoms with E-state index in [1.165, 1.54) is 24.3 Å². The average Bonchev–Trinajstić information content (AvgIpc) is 2.84. The van der Waals surface area contributed by atoms with Crippen molar-refractivity contribution in [2.75, 3.05) is 37.7 Å². The van der Waals surface area contributed by atoms with Crippen LogP contribution in [-0.4, -0.2) is 54.0 Å². The number of halogens is 3. The molecule has 1 saturated heterocycles. The van der Waals surface area contributed by atoms with E-state index in [4.69, 9.17) is 16.3 Å². The molecule has 186 valence electrons. The molecule has 2 N–H and O–H groups in total. The molecule has 1 aliphatic heterocycles. The minimum atomic E-state index is -0.759. The van der Waals surface area contributed by atoms with Crippen LogP contribution in [0.2, 0.25) is 5.02 Å². The van der Waals surface area contributed by atoms with Gasteiger partial charge in [-0.3, -0.25) is 4.90 Å². The first-order valence-electron chi connectivity index (χ1n) is 11.6. The number of aliphatic hydroxyl groups excluding tert-OH is 2. The Bertz CT molecular complexity index is 1110. The Kier molecular flexibility index (Phi) is 8.23. The van der Waals surface area contributed by atoms with Gasteiger partial charge in [-0.05, 0) is 54.4 Å². The SMILES string of the molecule is C[C@H](O)COc1ccc(N2CCN(C[C@@H](O)c3ccc(F)cc3)C[C@H]2c2ccc(F)cc2)c(Cl)c1. The minimum absolute atomic E-state index is 0.133. The van der Waals surface area contributed by atoms with Gasteiger partial charge in [0.15, 0.2) is 0 Å². The fourth-order valence-corrected chi connectivity index (χ4v) is 4.61. The first-order chi connectivity index (χ1) is 16.8. The lowest BCUT2D eigenvalue weighted by Gasteiger charge is -2.44. The Balaban J connectivity index is 1.55. The van der Waals surface area contributed by atoms with Crippen LogP contribution in [0.4, 0.5) is 14.5 Å². The topological polar surface area (TPSA) is 56.2 Å². The van der Waals surface area contributed by atoms with Crippen molar-refractivity contribution in [1.82, 2.24) is 4.90 Å². The van der Waals surface area contributed by atoms with Gasteiger partial charge in [-0.1, -0.05) is 35.9 Å². The summed E-state index contributed by atoms with van der Waals surface area (Å²) in [4.78, 5) is 4.32. The number of hydrogen-bond donors (Lipinski definition) is 2. The second-order valence-corrected chi connectivity index (χ2v) is 9.27. The van der Waals surface area contributed by atoms with Crippen molar-refractivity contribution >= 4 is 17.3 Å². The molecule has 0 spiro atoms. The van der Waals surface area contributed by atoms with Crippen LogP contribution in [0.1, 0.15) is 30.2 Å². The molecule has 3 aromatic carbocycles. The van der Waals surface area contributed by atoms with Gasteiger partial charge in [-0.15, -0.1) is 0 Å². The summed E-state index contributed by atoms with van der Waals surface area (Å²) in [5, 5.41) is 20.7. The van der Waals surface area contributed by atoms with E-state index in [9.17, 15) is 19.0 Å². The predicted octanol–water partition coefficient (Wildman–Crippen LogP) is 4.97. The highest BCUT2D eigenvalue weighted by Gasteiger charge is 2.31. The fourth-order valence-electron chi connectivity index (χ4n) is 4.33.